The van der Waals surface area contributed by atoms with Gasteiger partial charge in [0.15, 0.2) is 8.32 Å². The molecule has 0 amide bonds. The average molecular weight is 250 g/mol. The van der Waals surface area contributed by atoms with Crippen molar-refractivity contribution in [1.82, 2.24) is 0 Å². The highest BCUT2D eigenvalue weighted by Gasteiger charge is 2.39. The monoisotopic (exact) mass is 249 g/mol. The molecule has 4 heteroatoms. The van der Waals surface area contributed by atoms with E-state index in [-0.39, 0.29) is 16.5 Å². The van der Waals surface area contributed by atoms with E-state index in [0.29, 0.717) is 6.54 Å². The number of hydrogen-bond acceptors (Lipinski definition) is 2. The summed E-state index contributed by atoms with van der Waals surface area (Å²) in [5.41, 5.74) is 5.66. The first-order valence-corrected chi connectivity index (χ1v) is 8.64. The molecule has 0 saturated heterocycles. The van der Waals surface area contributed by atoms with Crippen LogP contribution in [-0.2, 0) is 4.43 Å². The van der Waals surface area contributed by atoms with Gasteiger partial charge in [0.1, 0.15) is 0 Å². The van der Waals surface area contributed by atoms with E-state index in [1.807, 2.05) is 0 Å². The molecular weight excluding hydrogens is 226 g/mol. The van der Waals surface area contributed by atoms with Crippen molar-refractivity contribution in [2.45, 2.75) is 50.4 Å². The average Bonchev–Trinajstić information content (AvgIpc) is 2.11. The van der Waals surface area contributed by atoms with Crippen LogP contribution in [0.2, 0.25) is 18.1 Å². The fourth-order valence-electron chi connectivity index (χ4n) is 0.950. The summed E-state index contributed by atoms with van der Waals surface area (Å²) >= 11 is 6.09. The molecule has 0 radical (unpaired) electrons. The van der Waals surface area contributed by atoms with Gasteiger partial charge < -0.3 is 10.2 Å². The van der Waals surface area contributed by atoms with Gasteiger partial charge >= 0.3 is 0 Å². The zero-order valence-corrected chi connectivity index (χ0v) is 12.3. The van der Waals surface area contributed by atoms with Gasteiger partial charge in [-0.15, -0.1) is 18.2 Å². The van der Waals surface area contributed by atoms with Gasteiger partial charge in [0, 0.05) is 6.54 Å². The molecule has 0 unspecified atom stereocenters. The Morgan fingerprint density at radius 3 is 2.20 bits per heavy atom. The molecule has 0 fully saturated rings. The summed E-state index contributed by atoms with van der Waals surface area (Å²) < 4.78 is 6.11. The van der Waals surface area contributed by atoms with Crippen molar-refractivity contribution in [3.8, 4) is 0 Å². The second-order valence-electron chi connectivity index (χ2n) is 5.33. The SMILES string of the molecule is C=C[C@@H](Cl)[C@@H](CN)O[Si](C)(C)C(C)(C)C. The van der Waals surface area contributed by atoms with Gasteiger partial charge in [0.25, 0.3) is 0 Å². The standard InChI is InChI=1S/C11H24ClNOSi/c1-7-9(12)10(8-13)14-15(5,6)11(2,3)4/h7,9-10H,1,8,13H2,2-6H3/t9-,10-/m1/s1. The predicted molar refractivity (Wildman–Crippen MR) is 71.0 cm³/mol. The minimum atomic E-state index is -1.78. The molecule has 2 N–H and O–H groups in total. The maximum atomic E-state index is 6.11. The van der Waals surface area contributed by atoms with E-state index >= 15 is 0 Å². The molecule has 0 spiro atoms. The number of alkyl halides is 1. The van der Waals surface area contributed by atoms with Crippen molar-refractivity contribution >= 4 is 19.9 Å². The fraction of sp³-hybridized carbons (Fsp3) is 0.818. The molecule has 2 nitrogen and oxygen atoms in total. The van der Waals surface area contributed by atoms with Gasteiger partial charge in [-0.3, -0.25) is 0 Å². The molecule has 15 heavy (non-hydrogen) atoms. The van der Waals surface area contributed by atoms with E-state index < -0.39 is 8.32 Å². The van der Waals surface area contributed by atoms with Gasteiger partial charge in [0.2, 0.25) is 0 Å². The van der Waals surface area contributed by atoms with Gasteiger partial charge in [-0.05, 0) is 18.1 Å². The summed E-state index contributed by atoms with van der Waals surface area (Å²) in [5.74, 6) is 0. The van der Waals surface area contributed by atoms with Crippen molar-refractivity contribution in [1.29, 1.82) is 0 Å². The molecule has 0 aliphatic carbocycles. The van der Waals surface area contributed by atoms with E-state index in [1.165, 1.54) is 0 Å². The van der Waals surface area contributed by atoms with Crippen LogP contribution in [0.4, 0.5) is 0 Å². The zero-order valence-electron chi connectivity index (χ0n) is 10.5. The highest BCUT2D eigenvalue weighted by Crippen LogP contribution is 2.37. The van der Waals surface area contributed by atoms with Gasteiger partial charge in [-0.2, -0.15) is 0 Å². The van der Waals surface area contributed by atoms with Crippen LogP contribution in [0.25, 0.3) is 0 Å². The summed E-state index contributed by atoms with van der Waals surface area (Å²) in [6.45, 7) is 15.1. The lowest BCUT2D eigenvalue weighted by atomic mass is 10.2. The molecule has 0 bridgehead atoms. The topological polar surface area (TPSA) is 35.2 Å². The lowest BCUT2D eigenvalue weighted by molar-refractivity contribution is 0.194. The highest BCUT2D eigenvalue weighted by atomic mass is 35.5. The maximum Gasteiger partial charge on any atom is 0.192 e. The van der Waals surface area contributed by atoms with E-state index in [0.717, 1.165) is 0 Å². The van der Waals surface area contributed by atoms with Crippen LogP contribution in [-0.4, -0.2) is 26.3 Å². The maximum absolute atomic E-state index is 6.11. The van der Waals surface area contributed by atoms with Crippen LogP contribution in [0.5, 0.6) is 0 Å². The predicted octanol–water partition coefficient (Wildman–Crippen LogP) is 3.13. The Kier molecular flexibility index (Phi) is 5.54. The molecule has 0 aliphatic rings. The van der Waals surface area contributed by atoms with Crippen molar-refractivity contribution in [2.24, 2.45) is 5.73 Å². The molecule has 0 rings (SSSR count). The minimum Gasteiger partial charge on any atom is -0.411 e. The van der Waals surface area contributed by atoms with E-state index in [9.17, 15) is 0 Å². The molecule has 0 aromatic rings. The second kappa shape index (κ2) is 5.48. The highest BCUT2D eigenvalue weighted by molar-refractivity contribution is 6.74. The number of rotatable bonds is 5. The van der Waals surface area contributed by atoms with Crippen LogP contribution < -0.4 is 5.73 Å². The quantitative estimate of drug-likeness (QED) is 0.462. The summed E-state index contributed by atoms with van der Waals surface area (Å²) in [6, 6.07) is 0. The minimum absolute atomic E-state index is 0.120. The Balaban J connectivity index is 4.61. The molecule has 0 aliphatic heterocycles. The van der Waals surface area contributed by atoms with Crippen LogP contribution in [0.3, 0.4) is 0 Å². The van der Waals surface area contributed by atoms with Crippen LogP contribution >= 0.6 is 11.6 Å². The number of hydrogen-bond donors (Lipinski definition) is 1. The van der Waals surface area contributed by atoms with Crippen molar-refractivity contribution in [3.05, 3.63) is 12.7 Å². The molecule has 0 heterocycles. The van der Waals surface area contributed by atoms with Gasteiger partial charge in [0.05, 0.1) is 11.5 Å². The van der Waals surface area contributed by atoms with Crippen LogP contribution in [0, 0.1) is 0 Å². The van der Waals surface area contributed by atoms with Crippen LogP contribution in [0.1, 0.15) is 20.8 Å². The van der Waals surface area contributed by atoms with Crippen molar-refractivity contribution in [3.63, 3.8) is 0 Å². The molecule has 0 aromatic heterocycles. The Labute approximate surface area is 100.0 Å². The summed E-state index contributed by atoms with van der Waals surface area (Å²) in [5, 5.41) is -0.0257. The zero-order chi connectivity index (χ0) is 12.3. The van der Waals surface area contributed by atoms with E-state index in [1.54, 1.807) is 6.08 Å². The first-order valence-electron chi connectivity index (χ1n) is 5.30. The first-order chi connectivity index (χ1) is 6.65. The Hall–Kier alpha value is 0.167. The molecule has 0 saturated carbocycles. The normalized spacial score (nSPS) is 17.3. The van der Waals surface area contributed by atoms with Crippen molar-refractivity contribution < 1.29 is 4.43 Å². The smallest absolute Gasteiger partial charge is 0.192 e. The van der Waals surface area contributed by atoms with E-state index in [2.05, 4.69) is 40.4 Å². The second-order valence-corrected chi connectivity index (χ2v) is 10.6. The third kappa shape index (κ3) is 4.27. The number of nitrogens with two attached hydrogens (primary N) is 1. The molecule has 90 valence electrons. The Bertz CT molecular complexity index is 213. The molecular formula is C11H24ClNOSi. The summed E-state index contributed by atoms with van der Waals surface area (Å²) in [4.78, 5) is 0. The molecule has 2 atom stereocenters. The largest absolute Gasteiger partial charge is 0.411 e. The lowest BCUT2D eigenvalue weighted by Crippen LogP contribution is -2.48. The van der Waals surface area contributed by atoms with Gasteiger partial charge in [-0.25, -0.2) is 0 Å². The van der Waals surface area contributed by atoms with Gasteiger partial charge in [-0.1, -0.05) is 26.8 Å². The lowest BCUT2D eigenvalue weighted by Gasteiger charge is -2.39. The number of halogens is 1. The Morgan fingerprint density at radius 1 is 1.47 bits per heavy atom. The van der Waals surface area contributed by atoms with E-state index in [4.69, 9.17) is 21.8 Å². The third-order valence-electron chi connectivity index (χ3n) is 3.06. The third-order valence-corrected chi connectivity index (χ3v) is 8.03. The van der Waals surface area contributed by atoms with Crippen LogP contribution in [0.15, 0.2) is 12.7 Å². The summed E-state index contributed by atoms with van der Waals surface area (Å²) in [7, 11) is -1.78. The summed E-state index contributed by atoms with van der Waals surface area (Å²) in [6.07, 6.45) is 1.57. The fourth-order valence-corrected chi connectivity index (χ4v) is 2.54. The first kappa shape index (κ1) is 15.2. The Morgan fingerprint density at radius 2 is 1.93 bits per heavy atom. The van der Waals surface area contributed by atoms with Crippen molar-refractivity contribution in [2.75, 3.05) is 6.54 Å². The molecule has 0 aromatic carbocycles.